The Kier molecular flexibility index (Phi) is 8.26. The molecule has 0 aliphatic carbocycles. The predicted molar refractivity (Wildman–Crippen MR) is 117 cm³/mol. The van der Waals surface area contributed by atoms with Crippen molar-refractivity contribution < 1.29 is 14.3 Å². The van der Waals surface area contributed by atoms with Crippen LogP contribution in [0.15, 0.2) is 48.5 Å². The van der Waals surface area contributed by atoms with Gasteiger partial charge in [-0.1, -0.05) is 45.9 Å². The summed E-state index contributed by atoms with van der Waals surface area (Å²) in [6.07, 6.45) is 0. The lowest BCUT2D eigenvalue weighted by atomic mass is 10.2. The number of carbonyl (C=O) groups is 1. The molecule has 0 atom stereocenters. The van der Waals surface area contributed by atoms with E-state index in [1.54, 1.807) is 18.2 Å². The van der Waals surface area contributed by atoms with Gasteiger partial charge < -0.3 is 14.8 Å². The highest BCUT2D eigenvalue weighted by atomic mass is 32.1. The van der Waals surface area contributed by atoms with E-state index in [2.05, 4.69) is 38.3 Å². The van der Waals surface area contributed by atoms with Gasteiger partial charge in [-0.15, -0.1) is 0 Å². The summed E-state index contributed by atoms with van der Waals surface area (Å²) in [6.45, 7) is 9.47. The van der Waals surface area contributed by atoms with Crippen LogP contribution in [0.2, 0.25) is 0 Å². The molecule has 0 heterocycles. The maximum absolute atomic E-state index is 12.6. The fourth-order valence-corrected chi connectivity index (χ4v) is 2.51. The van der Waals surface area contributed by atoms with Crippen molar-refractivity contribution in [2.45, 2.75) is 27.7 Å². The zero-order valence-corrected chi connectivity index (χ0v) is 17.6. The Bertz CT molecular complexity index is 806. The normalized spacial score (nSPS) is 10.6. The Morgan fingerprint density at radius 2 is 1.64 bits per heavy atom. The number of carbonyl (C=O) groups excluding carboxylic acids is 1. The van der Waals surface area contributed by atoms with Gasteiger partial charge in [0, 0.05) is 11.8 Å². The SMILES string of the molecule is CC(C)COc1cccc(NC(=S)NC(=O)c2ccccc2OCC(C)C)c1. The molecule has 2 aromatic rings. The molecule has 2 aromatic carbocycles. The highest BCUT2D eigenvalue weighted by Gasteiger charge is 2.14. The molecule has 2 N–H and O–H groups in total. The van der Waals surface area contributed by atoms with Crippen molar-refractivity contribution in [3.8, 4) is 11.5 Å². The van der Waals surface area contributed by atoms with Crippen LogP contribution in [0.4, 0.5) is 5.69 Å². The van der Waals surface area contributed by atoms with E-state index in [1.807, 2.05) is 30.3 Å². The van der Waals surface area contributed by atoms with Crippen LogP contribution in [0.25, 0.3) is 0 Å². The molecule has 0 saturated carbocycles. The number of para-hydroxylation sites is 1. The summed E-state index contributed by atoms with van der Waals surface area (Å²) in [5, 5.41) is 5.93. The Morgan fingerprint density at radius 1 is 0.964 bits per heavy atom. The minimum absolute atomic E-state index is 0.213. The lowest BCUT2D eigenvalue weighted by Crippen LogP contribution is -2.34. The van der Waals surface area contributed by atoms with E-state index in [1.165, 1.54) is 0 Å². The van der Waals surface area contributed by atoms with Crippen molar-refractivity contribution in [3.05, 3.63) is 54.1 Å². The molecule has 5 nitrogen and oxygen atoms in total. The molecule has 6 heteroatoms. The second-order valence-corrected chi connectivity index (χ2v) is 7.75. The molecule has 1 amide bonds. The van der Waals surface area contributed by atoms with Gasteiger partial charge in [-0.05, 0) is 48.3 Å². The van der Waals surface area contributed by atoms with Crippen LogP contribution in [0.3, 0.4) is 0 Å². The molecular weight excluding hydrogens is 372 g/mol. The summed E-state index contributed by atoms with van der Waals surface area (Å²) < 4.78 is 11.5. The number of thiocarbonyl (C=S) groups is 1. The minimum Gasteiger partial charge on any atom is -0.493 e. The molecule has 150 valence electrons. The minimum atomic E-state index is -0.316. The van der Waals surface area contributed by atoms with Gasteiger partial charge in [0.25, 0.3) is 5.91 Å². The van der Waals surface area contributed by atoms with Crippen molar-refractivity contribution in [1.29, 1.82) is 0 Å². The van der Waals surface area contributed by atoms with Crippen LogP contribution in [0, 0.1) is 11.8 Å². The number of amides is 1. The van der Waals surface area contributed by atoms with E-state index in [9.17, 15) is 4.79 Å². The first-order valence-electron chi connectivity index (χ1n) is 9.42. The van der Waals surface area contributed by atoms with E-state index in [4.69, 9.17) is 21.7 Å². The maximum atomic E-state index is 12.6. The number of rotatable bonds is 8. The van der Waals surface area contributed by atoms with Crippen molar-refractivity contribution in [2.75, 3.05) is 18.5 Å². The van der Waals surface area contributed by atoms with Gasteiger partial charge in [0.1, 0.15) is 11.5 Å². The zero-order valence-electron chi connectivity index (χ0n) is 16.8. The molecule has 0 unspecified atom stereocenters. The molecule has 0 radical (unpaired) electrons. The summed E-state index contributed by atoms with van der Waals surface area (Å²) in [5.74, 6) is 1.78. The largest absolute Gasteiger partial charge is 0.493 e. The number of ether oxygens (including phenoxy) is 2. The average Bonchev–Trinajstić information content (AvgIpc) is 2.65. The molecule has 2 rings (SSSR count). The Hall–Kier alpha value is -2.60. The van der Waals surface area contributed by atoms with Crippen LogP contribution < -0.4 is 20.1 Å². The second-order valence-electron chi connectivity index (χ2n) is 7.34. The monoisotopic (exact) mass is 400 g/mol. The molecule has 0 bridgehead atoms. The summed E-state index contributed by atoms with van der Waals surface area (Å²) in [5.41, 5.74) is 1.19. The number of nitrogens with one attached hydrogen (secondary N) is 2. The number of hydrogen-bond acceptors (Lipinski definition) is 4. The average molecular weight is 401 g/mol. The lowest BCUT2D eigenvalue weighted by Gasteiger charge is -2.14. The zero-order chi connectivity index (χ0) is 20.5. The van der Waals surface area contributed by atoms with Crippen LogP contribution in [0.1, 0.15) is 38.1 Å². The molecule has 0 spiro atoms. The Labute approximate surface area is 172 Å². The van der Waals surface area contributed by atoms with Gasteiger partial charge in [-0.25, -0.2) is 0 Å². The summed E-state index contributed by atoms with van der Waals surface area (Å²) in [7, 11) is 0. The highest BCUT2D eigenvalue weighted by Crippen LogP contribution is 2.20. The van der Waals surface area contributed by atoms with Gasteiger partial charge in [0.2, 0.25) is 0 Å². The molecule has 0 fully saturated rings. The Morgan fingerprint density at radius 3 is 2.36 bits per heavy atom. The van der Waals surface area contributed by atoms with Gasteiger partial charge in [0.15, 0.2) is 5.11 Å². The van der Waals surface area contributed by atoms with Crippen molar-refractivity contribution in [1.82, 2.24) is 5.32 Å². The third-order valence-electron chi connectivity index (χ3n) is 3.61. The van der Waals surface area contributed by atoms with Gasteiger partial charge in [0.05, 0.1) is 18.8 Å². The predicted octanol–water partition coefficient (Wildman–Crippen LogP) is 4.88. The van der Waals surface area contributed by atoms with Crippen LogP contribution in [0.5, 0.6) is 11.5 Å². The first-order chi connectivity index (χ1) is 13.3. The van der Waals surface area contributed by atoms with Gasteiger partial charge >= 0.3 is 0 Å². The van der Waals surface area contributed by atoms with E-state index >= 15 is 0 Å². The topological polar surface area (TPSA) is 59.6 Å². The maximum Gasteiger partial charge on any atom is 0.261 e. The third-order valence-corrected chi connectivity index (χ3v) is 3.81. The van der Waals surface area contributed by atoms with E-state index < -0.39 is 0 Å². The van der Waals surface area contributed by atoms with Crippen molar-refractivity contribution in [2.24, 2.45) is 11.8 Å². The van der Waals surface area contributed by atoms with Gasteiger partial charge in [-0.3, -0.25) is 10.1 Å². The fraction of sp³-hybridized carbons (Fsp3) is 0.364. The summed E-state index contributed by atoms with van der Waals surface area (Å²) >= 11 is 5.29. The fourth-order valence-electron chi connectivity index (χ4n) is 2.30. The molecule has 0 aliphatic heterocycles. The van der Waals surface area contributed by atoms with Crippen LogP contribution in [-0.2, 0) is 0 Å². The smallest absolute Gasteiger partial charge is 0.261 e. The van der Waals surface area contributed by atoms with Crippen LogP contribution >= 0.6 is 12.2 Å². The number of anilines is 1. The number of benzene rings is 2. The molecule has 28 heavy (non-hydrogen) atoms. The first kappa shape index (κ1) is 21.7. The van der Waals surface area contributed by atoms with E-state index in [-0.39, 0.29) is 11.0 Å². The van der Waals surface area contributed by atoms with E-state index in [0.29, 0.717) is 36.4 Å². The molecule has 0 saturated heterocycles. The number of hydrogen-bond donors (Lipinski definition) is 2. The standard InChI is InChI=1S/C22H28N2O3S/c1-15(2)13-26-18-9-7-8-17(12-18)23-22(28)24-21(25)19-10-5-6-11-20(19)27-14-16(3)4/h5-12,15-16H,13-14H2,1-4H3,(H2,23,24,25,28). The van der Waals surface area contributed by atoms with Crippen molar-refractivity contribution >= 4 is 28.9 Å². The highest BCUT2D eigenvalue weighted by molar-refractivity contribution is 7.80. The lowest BCUT2D eigenvalue weighted by molar-refractivity contribution is 0.0973. The molecule has 0 aliphatic rings. The van der Waals surface area contributed by atoms with Gasteiger partial charge in [-0.2, -0.15) is 0 Å². The van der Waals surface area contributed by atoms with Crippen molar-refractivity contribution in [3.63, 3.8) is 0 Å². The quantitative estimate of drug-likeness (QED) is 0.618. The third kappa shape index (κ3) is 7.19. The summed E-state index contributed by atoms with van der Waals surface area (Å²) in [4.78, 5) is 12.6. The molecule has 0 aromatic heterocycles. The summed E-state index contributed by atoms with van der Waals surface area (Å²) in [6, 6.07) is 14.6. The Balaban J connectivity index is 1.98. The first-order valence-corrected chi connectivity index (χ1v) is 9.83. The second kappa shape index (κ2) is 10.7. The van der Waals surface area contributed by atoms with E-state index in [0.717, 1.165) is 11.4 Å². The molecular formula is C22H28N2O3S. The van der Waals surface area contributed by atoms with Crippen LogP contribution in [-0.4, -0.2) is 24.2 Å².